The van der Waals surface area contributed by atoms with Gasteiger partial charge in [-0.2, -0.15) is 0 Å². The van der Waals surface area contributed by atoms with Crippen LogP contribution in [-0.2, 0) is 16.0 Å². The standard InChI is InChI=1S/C25H34N2O3/c1-5-16-26-25(29)20(4)27(17-15-21-9-7-6-8-10-21)24(28)18-30-23-13-11-22(12-14-23)19(2)3/h6-14,19-20H,5,15-18H2,1-4H3,(H,26,29)/t20-/m1/s1. The van der Waals surface area contributed by atoms with Crippen LogP contribution in [-0.4, -0.2) is 42.5 Å². The molecule has 30 heavy (non-hydrogen) atoms. The Morgan fingerprint density at radius 2 is 1.67 bits per heavy atom. The molecule has 1 atom stereocenters. The summed E-state index contributed by atoms with van der Waals surface area (Å²) in [4.78, 5) is 27.1. The van der Waals surface area contributed by atoms with E-state index in [-0.39, 0.29) is 18.4 Å². The summed E-state index contributed by atoms with van der Waals surface area (Å²) < 4.78 is 5.72. The molecule has 2 aromatic rings. The van der Waals surface area contributed by atoms with Crippen molar-refractivity contribution in [3.05, 3.63) is 65.7 Å². The summed E-state index contributed by atoms with van der Waals surface area (Å²) in [5.74, 6) is 0.757. The van der Waals surface area contributed by atoms with Gasteiger partial charge in [0.15, 0.2) is 6.61 Å². The molecule has 5 nitrogen and oxygen atoms in total. The summed E-state index contributed by atoms with van der Waals surface area (Å²) in [6.45, 7) is 9.00. The Labute approximate surface area is 180 Å². The normalized spacial score (nSPS) is 11.8. The van der Waals surface area contributed by atoms with Crippen LogP contribution in [0, 0.1) is 0 Å². The van der Waals surface area contributed by atoms with Gasteiger partial charge in [-0.3, -0.25) is 9.59 Å². The molecule has 0 unspecified atom stereocenters. The third-order valence-electron chi connectivity index (χ3n) is 5.11. The molecule has 2 aromatic carbocycles. The lowest BCUT2D eigenvalue weighted by molar-refractivity contribution is -0.141. The van der Waals surface area contributed by atoms with E-state index in [4.69, 9.17) is 4.74 Å². The number of hydrogen-bond acceptors (Lipinski definition) is 3. The molecule has 0 radical (unpaired) electrons. The van der Waals surface area contributed by atoms with Crippen molar-refractivity contribution in [1.82, 2.24) is 10.2 Å². The molecule has 2 rings (SSSR count). The van der Waals surface area contributed by atoms with Crippen molar-refractivity contribution in [2.45, 2.75) is 52.5 Å². The van der Waals surface area contributed by atoms with Gasteiger partial charge in [0.1, 0.15) is 11.8 Å². The van der Waals surface area contributed by atoms with Gasteiger partial charge < -0.3 is 15.0 Å². The predicted molar refractivity (Wildman–Crippen MR) is 121 cm³/mol. The predicted octanol–water partition coefficient (Wildman–Crippen LogP) is 4.17. The van der Waals surface area contributed by atoms with Gasteiger partial charge in [0.05, 0.1) is 0 Å². The second kappa shape index (κ2) is 12.0. The lowest BCUT2D eigenvalue weighted by Gasteiger charge is -2.28. The summed E-state index contributed by atoms with van der Waals surface area (Å²) in [6, 6.07) is 17.2. The minimum Gasteiger partial charge on any atom is -0.484 e. The van der Waals surface area contributed by atoms with Gasteiger partial charge in [-0.05, 0) is 48.9 Å². The van der Waals surface area contributed by atoms with E-state index in [9.17, 15) is 9.59 Å². The number of carbonyl (C=O) groups is 2. The topological polar surface area (TPSA) is 58.6 Å². The van der Waals surface area contributed by atoms with Crippen molar-refractivity contribution in [1.29, 1.82) is 0 Å². The molecular weight excluding hydrogens is 376 g/mol. The number of benzene rings is 2. The molecule has 0 bridgehead atoms. The Morgan fingerprint density at radius 1 is 1.00 bits per heavy atom. The molecule has 0 aromatic heterocycles. The molecule has 162 valence electrons. The van der Waals surface area contributed by atoms with Crippen LogP contribution in [0.3, 0.4) is 0 Å². The van der Waals surface area contributed by atoms with Crippen molar-refractivity contribution < 1.29 is 14.3 Å². The van der Waals surface area contributed by atoms with Gasteiger partial charge in [0.2, 0.25) is 5.91 Å². The van der Waals surface area contributed by atoms with E-state index in [0.717, 1.165) is 12.0 Å². The van der Waals surface area contributed by atoms with Gasteiger partial charge >= 0.3 is 0 Å². The molecule has 0 aliphatic heterocycles. The highest BCUT2D eigenvalue weighted by Gasteiger charge is 2.25. The second-order valence-corrected chi connectivity index (χ2v) is 7.80. The first-order valence-corrected chi connectivity index (χ1v) is 10.8. The monoisotopic (exact) mass is 410 g/mol. The highest BCUT2D eigenvalue weighted by Crippen LogP contribution is 2.18. The molecule has 2 amide bonds. The Kier molecular flexibility index (Phi) is 9.39. The number of rotatable bonds is 11. The quantitative estimate of drug-likeness (QED) is 0.605. The summed E-state index contributed by atoms with van der Waals surface area (Å²) >= 11 is 0. The van der Waals surface area contributed by atoms with Crippen molar-refractivity contribution in [2.24, 2.45) is 0 Å². The molecule has 0 heterocycles. The summed E-state index contributed by atoms with van der Waals surface area (Å²) in [6.07, 6.45) is 1.53. The summed E-state index contributed by atoms with van der Waals surface area (Å²) in [7, 11) is 0. The van der Waals surface area contributed by atoms with E-state index in [1.54, 1.807) is 11.8 Å². The maximum atomic E-state index is 13.0. The average Bonchev–Trinajstić information content (AvgIpc) is 2.76. The Hall–Kier alpha value is -2.82. The van der Waals surface area contributed by atoms with Gasteiger partial charge in [-0.15, -0.1) is 0 Å². The highest BCUT2D eigenvalue weighted by atomic mass is 16.5. The van der Waals surface area contributed by atoms with Crippen molar-refractivity contribution >= 4 is 11.8 Å². The molecule has 0 spiro atoms. The number of hydrogen-bond donors (Lipinski definition) is 1. The number of amides is 2. The van der Waals surface area contributed by atoms with Crippen LogP contribution in [0.4, 0.5) is 0 Å². The Bertz CT molecular complexity index is 788. The molecule has 5 heteroatoms. The van der Waals surface area contributed by atoms with Crippen LogP contribution in [0.1, 0.15) is 51.2 Å². The lowest BCUT2D eigenvalue weighted by Crippen LogP contribution is -2.50. The molecular formula is C25H34N2O3. The fraction of sp³-hybridized carbons (Fsp3) is 0.440. The zero-order chi connectivity index (χ0) is 21.9. The average molecular weight is 411 g/mol. The first-order chi connectivity index (χ1) is 14.4. The van der Waals surface area contributed by atoms with Gasteiger partial charge in [0, 0.05) is 13.1 Å². The van der Waals surface area contributed by atoms with Crippen LogP contribution in [0.15, 0.2) is 54.6 Å². The van der Waals surface area contributed by atoms with E-state index >= 15 is 0 Å². The molecule has 0 fully saturated rings. The minimum atomic E-state index is -0.556. The maximum Gasteiger partial charge on any atom is 0.261 e. The maximum absolute atomic E-state index is 13.0. The highest BCUT2D eigenvalue weighted by molar-refractivity contribution is 5.87. The largest absolute Gasteiger partial charge is 0.484 e. The molecule has 1 N–H and O–H groups in total. The third-order valence-corrected chi connectivity index (χ3v) is 5.11. The van der Waals surface area contributed by atoms with Crippen LogP contribution in [0.2, 0.25) is 0 Å². The van der Waals surface area contributed by atoms with Gasteiger partial charge in [-0.1, -0.05) is 63.2 Å². The fourth-order valence-corrected chi connectivity index (χ4v) is 3.14. The molecule has 0 aliphatic carbocycles. The third kappa shape index (κ3) is 7.21. The van der Waals surface area contributed by atoms with E-state index in [1.807, 2.05) is 61.5 Å². The Morgan fingerprint density at radius 3 is 2.27 bits per heavy atom. The van der Waals surface area contributed by atoms with Gasteiger partial charge in [0.25, 0.3) is 5.91 Å². The fourth-order valence-electron chi connectivity index (χ4n) is 3.14. The first kappa shape index (κ1) is 23.5. The summed E-state index contributed by atoms with van der Waals surface area (Å²) in [5.41, 5.74) is 2.35. The van der Waals surface area contributed by atoms with Crippen LogP contribution in [0.25, 0.3) is 0 Å². The van der Waals surface area contributed by atoms with E-state index in [2.05, 4.69) is 19.2 Å². The number of ether oxygens (including phenoxy) is 1. The minimum absolute atomic E-state index is 0.0960. The number of carbonyl (C=O) groups excluding carboxylic acids is 2. The van der Waals surface area contributed by atoms with E-state index in [0.29, 0.717) is 31.2 Å². The van der Waals surface area contributed by atoms with Crippen molar-refractivity contribution in [2.75, 3.05) is 19.7 Å². The smallest absolute Gasteiger partial charge is 0.261 e. The number of nitrogens with zero attached hydrogens (tertiary/aromatic N) is 1. The van der Waals surface area contributed by atoms with E-state index < -0.39 is 6.04 Å². The SMILES string of the molecule is CCCNC(=O)[C@@H](C)N(CCc1ccccc1)C(=O)COc1ccc(C(C)C)cc1. The van der Waals surface area contributed by atoms with Crippen LogP contribution in [0.5, 0.6) is 5.75 Å². The van der Waals surface area contributed by atoms with Crippen LogP contribution < -0.4 is 10.1 Å². The van der Waals surface area contributed by atoms with E-state index in [1.165, 1.54) is 5.56 Å². The van der Waals surface area contributed by atoms with Crippen molar-refractivity contribution in [3.8, 4) is 5.75 Å². The van der Waals surface area contributed by atoms with Crippen molar-refractivity contribution in [3.63, 3.8) is 0 Å². The number of nitrogens with one attached hydrogen (secondary N) is 1. The zero-order valence-electron chi connectivity index (χ0n) is 18.6. The first-order valence-electron chi connectivity index (χ1n) is 10.8. The Balaban J connectivity index is 2.03. The van der Waals surface area contributed by atoms with Gasteiger partial charge in [-0.25, -0.2) is 0 Å². The molecule has 0 aliphatic rings. The second-order valence-electron chi connectivity index (χ2n) is 7.80. The zero-order valence-corrected chi connectivity index (χ0v) is 18.6. The lowest BCUT2D eigenvalue weighted by atomic mass is 10.0. The van der Waals surface area contributed by atoms with Crippen LogP contribution >= 0.6 is 0 Å². The molecule has 0 saturated heterocycles. The summed E-state index contributed by atoms with van der Waals surface area (Å²) in [5, 5.41) is 2.88. The molecule has 0 saturated carbocycles.